The van der Waals surface area contributed by atoms with Crippen molar-refractivity contribution in [3.05, 3.63) is 46.9 Å². The Bertz CT molecular complexity index is 680. The molecule has 0 amide bonds. The summed E-state index contributed by atoms with van der Waals surface area (Å²) in [6.45, 7) is 3.16. The Morgan fingerprint density at radius 2 is 1.82 bits per heavy atom. The van der Waals surface area contributed by atoms with Crippen LogP contribution in [0.25, 0.3) is 11.1 Å². The molecule has 1 aromatic heterocycles. The van der Waals surface area contributed by atoms with Crippen molar-refractivity contribution in [3.63, 3.8) is 0 Å². The number of hydrogen-bond donors (Lipinski definition) is 1. The molecule has 2 aromatic rings. The van der Waals surface area contributed by atoms with E-state index in [9.17, 15) is 4.79 Å². The molecule has 1 aromatic carbocycles. The molecule has 1 aliphatic carbocycles. The molecular weight excluding hydrogens is 274 g/mol. The first-order chi connectivity index (χ1) is 10.8. The highest BCUT2D eigenvalue weighted by molar-refractivity contribution is 5.61. The molecule has 2 aliphatic heterocycles. The van der Waals surface area contributed by atoms with Gasteiger partial charge in [0.2, 0.25) is 0 Å². The predicted molar refractivity (Wildman–Crippen MR) is 87.8 cm³/mol. The summed E-state index contributed by atoms with van der Waals surface area (Å²) in [5.74, 6) is 0.911. The quantitative estimate of drug-likeness (QED) is 0.942. The van der Waals surface area contributed by atoms with Crippen molar-refractivity contribution in [1.29, 1.82) is 0 Å². The lowest BCUT2D eigenvalue weighted by molar-refractivity contribution is 0.0456. The van der Waals surface area contributed by atoms with Gasteiger partial charge < -0.3 is 0 Å². The first-order valence-corrected chi connectivity index (χ1v) is 8.38. The van der Waals surface area contributed by atoms with Crippen molar-refractivity contribution in [2.24, 2.45) is 5.92 Å². The maximum absolute atomic E-state index is 12.1. The molecule has 3 fully saturated rings. The molecule has 5 rings (SSSR count). The number of aromatic amines is 1. The molecule has 3 aliphatic rings. The van der Waals surface area contributed by atoms with Crippen LogP contribution in [-0.2, 0) is 6.54 Å². The van der Waals surface area contributed by atoms with E-state index in [4.69, 9.17) is 0 Å². The van der Waals surface area contributed by atoms with Crippen LogP contribution in [0.3, 0.4) is 0 Å². The normalized spacial score (nSPS) is 24.7. The Morgan fingerprint density at radius 1 is 1.05 bits per heavy atom. The molecule has 0 atom stereocenters. The van der Waals surface area contributed by atoms with Crippen molar-refractivity contribution >= 4 is 0 Å². The summed E-state index contributed by atoms with van der Waals surface area (Å²) in [5.41, 5.74) is 1.76. The highest BCUT2D eigenvalue weighted by Crippen LogP contribution is 2.34. The van der Waals surface area contributed by atoms with Gasteiger partial charge in [-0.25, -0.2) is 0 Å². The average Bonchev–Trinajstić information content (AvgIpc) is 2.96. The van der Waals surface area contributed by atoms with Crippen LogP contribution in [0, 0.1) is 5.92 Å². The van der Waals surface area contributed by atoms with Crippen molar-refractivity contribution < 1.29 is 0 Å². The Balaban J connectivity index is 1.45. The number of H-pyrrole nitrogens is 1. The number of aromatic nitrogens is 2. The highest BCUT2D eigenvalue weighted by Gasteiger charge is 2.33. The predicted octanol–water partition coefficient (Wildman–Crippen LogP) is 2.72. The lowest BCUT2D eigenvalue weighted by Gasteiger charge is -2.45. The number of hydrogen-bond acceptors (Lipinski definition) is 2. The maximum atomic E-state index is 12.1. The second kappa shape index (κ2) is 5.76. The molecule has 2 bridgehead atoms. The first kappa shape index (κ1) is 13.8. The average molecular weight is 297 g/mol. The van der Waals surface area contributed by atoms with Crippen molar-refractivity contribution in [2.75, 3.05) is 13.1 Å². The minimum atomic E-state index is 0.00589. The molecule has 22 heavy (non-hydrogen) atoms. The molecule has 1 N–H and O–H groups in total. The molecular formula is C18H23N3O. The molecule has 0 spiro atoms. The Kier molecular flexibility index (Phi) is 3.62. The standard InChI is InChI=1S/C18H23N3O/c22-18-17(15-4-2-1-3-5-15)13-21(19-18)11-10-20-12-14-6-8-16(20)9-7-14/h1-5,13-14,16H,6-12H2,(H,19,22). The van der Waals surface area contributed by atoms with E-state index in [-0.39, 0.29) is 5.56 Å². The lowest BCUT2D eigenvalue weighted by atomic mass is 9.80. The SMILES string of the molecule is O=c1[nH]n(CCN2CC3CCC2CC3)cc1-c1ccccc1. The van der Waals surface area contributed by atoms with Crippen LogP contribution in [-0.4, -0.2) is 33.8 Å². The molecule has 1 saturated carbocycles. The molecule has 3 heterocycles. The summed E-state index contributed by atoms with van der Waals surface area (Å²) in [4.78, 5) is 14.8. The van der Waals surface area contributed by atoms with Crippen molar-refractivity contribution in [3.8, 4) is 11.1 Å². The summed E-state index contributed by atoms with van der Waals surface area (Å²) in [6, 6.07) is 10.7. The summed E-state index contributed by atoms with van der Waals surface area (Å²) >= 11 is 0. The van der Waals surface area contributed by atoms with E-state index in [1.807, 2.05) is 41.2 Å². The van der Waals surface area contributed by atoms with Gasteiger partial charge in [0.15, 0.2) is 0 Å². The largest absolute Gasteiger partial charge is 0.298 e. The molecule has 116 valence electrons. The number of fused-ring (bicyclic) bond motifs is 3. The van der Waals surface area contributed by atoms with Crippen LogP contribution in [0.1, 0.15) is 25.7 Å². The fourth-order valence-electron chi connectivity index (χ4n) is 4.06. The van der Waals surface area contributed by atoms with Crippen LogP contribution in [0.2, 0.25) is 0 Å². The van der Waals surface area contributed by atoms with Gasteiger partial charge in [-0.15, -0.1) is 0 Å². The van der Waals surface area contributed by atoms with Crippen LogP contribution < -0.4 is 5.56 Å². The maximum Gasteiger partial charge on any atom is 0.271 e. The van der Waals surface area contributed by atoms with Gasteiger partial charge in [-0.1, -0.05) is 30.3 Å². The zero-order valence-electron chi connectivity index (χ0n) is 12.9. The van der Waals surface area contributed by atoms with Gasteiger partial charge in [0, 0.05) is 25.3 Å². The number of nitrogens with zero attached hydrogens (tertiary/aromatic N) is 2. The second-order valence-electron chi connectivity index (χ2n) is 6.71. The lowest BCUT2D eigenvalue weighted by Crippen LogP contribution is -2.48. The van der Waals surface area contributed by atoms with Crippen molar-refractivity contribution in [2.45, 2.75) is 38.3 Å². The minimum Gasteiger partial charge on any atom is -0.298 e. The third kappa shape index (κ3) is 2.63. The van der Waals surface area contributed by atoms with Crippen LogP contribution >= 0.6 is 0 Å². The third-order valence-electron chi connectivity index (χ3n) is 5.31. The fourth-order valence-corrected chi connectivity index (χ4v) is 4.06. The van der Waals surface area contributed by atoms with Gasteiger partial charge in [0.1, 0.15) is 0 Å². The zero-order chi connectivity index (χ0) is 14.9. The van der Waals surface area contributed by atoms with E-state index < -0.39 is 0 Å². The molecule has 2 saturated heterocycles. The van der Waals surface area contributed by atoms with Gasteiger partial charge in [-0.2, -0.15) is 0 Å². The van der Waals surface area contributed by atoms with E-state index in [0.29, 0.717) is 0 Å². The first-order valence-electron chi connectivity index (χ1n) is 8.38. The van der Waals surface area contributed by atoms with Crippen LogP contribution in [0.5, 0.6) is 0 Å². The van der Waals surface area contributed by atoms with Crippen molar-refractivity contribution in [1.82, 2.24) is 14.7 Å². The summed E-state index contributed by atoms with van der Waals surface area (Å²) < 4.78 is 1.95. The Morgan fingerprint density at radius 3 is 2.50 bits per heavy atom. The Hall–Kier alpha value is -1.81. The molecule has 4 nitrogen and oxygen atoms in total. The minimum absolute atomic E-state index is 0.00589. The number of piperidine rings is 2. The monoisotopic (exact) mass is 297 g/mol. The van der Waals surface area contributed by atoms with Crippen LogP contribution in [0.4, 0.5) is 0 Å². The van der Waals surface area contributed by atoms with Gasteiger partial charge in [0.25, 0.3) is 5.56 Å². The fraction of sp³-hybridized carbons (Fsp3) is 0.500. The van der Waals surface area contributed by atoms with Crippen LogP contribution in [0.15, 0.2) is 41.3 Å². The van der Waals surface area contributed by atoms with Gasteiger partial charge in [-0.05, 0) is 37.2 Å². The van der Waals surface area contributed by atoms with Gasteiger partial charge in [0.05, 0.1) is 12.1 Å². The third-order valence-corrected chi connectivity index (χ3v) is 5.31. The summed E-state index contributed by atoms with van der Waals surface area (Å²) in [6.07, 6.45) is 7.52. The highest BCUT2D eigenvalue weighted by atomic mass is 16.1. The van der Waals surface area contributed by atoms with Gasteiger partial charge in [-0.3, -0.25) is 19.5 Å². The molecule has 4 heteroatoms. The van der Waals surface area contributed by atoms with Gasteiger partial charge >= 0.3 is 0 Å². The molecule has 0 radical (unpaired) electrons. The number of rotatable bonds is 4. The van der Waals surface area contributed by atoms with E-state index in [1.54, 1.807) is 0 Å². The van der Waals surface area contributed by atoms with E-state index in [2.05, 4.69) is 10.00 Å². The smallest absolute Gasteiger partial charge is 0.271 e. The molecule has 0 unspecified atom stereocenters. The topological polar surface area (TPSA) is 41.0 Å². The van der Waals surface area contributed by atoms with E-state index in [1.165, 1.54) is 32.2 Å². The summed E-state index contributed by atoms with van der Waals surface area (Å²) in [7, 11) is 0. The Labute approximate surface area is 130 Å². The second-order valence-corrected chi connectivity index (χ2v) is 6.71. The summed E-state index contributed by atoms with van der Waals surface area (Å²) in [5, 5.41) is 2.96. The number of benzene rings is 1. The van der Waals surface area contributed by atoms with E-state index >= 15 is 0 Å². The zero-order valence-corrected chi connectivity index (χ0v) is 12.9. The van der Waals surface area contributed by atoms with E-state index in [0.717, 1.165) is 36.2 Å². The number of nitrogens with one attached hydrogen (secondary N) is 1.